The molecule has 2 rings (SSSR count). The van der Waals surface area contributed by atoms with Crippen LogP contribution in [-0.2, 0) is 11.3 Å². The first-order valence-corrected chi connectivity index (χ1v) is 6.96. The molecule has 1 fully saturated rings. The Morgan fingerprint density at radius 2 is 2.42 bits per heavy atom. The van der Waals surface area contributed by atoms with Crippen molar-refractivity contribution in [3.05, 3.63) is 21.4 Å². The Morgan fingerprint density at radius 3 is 3.11 bits per heavy atom. The molecule has 6 nitrogen and oxygen atoms in total. The lowest BCUT2D eigenvalue weighted by Gasteiger charge is -2.32. The van der Waals surface area contributed by atoms with Gasteiger partial charge in [-0.3, -0.25) is 19.9 Å². The van der Waals surface area contributed by atoms with Gasteiger partial charge in [-0.2, -0.15) is 0 Å². The maximum absolute atomic E-state index is 11.6. The number of nitrogens with two attached hydrogens (primary N) is 1. The molecule has 2 amide bonds. The fourth-order valence-electron chi connectivity index (χ4n) is 2.12. The average Bonchev–Trinajstić information content (AvgIpc) is 2.75. The number of nitrogen functional groups attached to an aromatic ring is 1. The predicted molar refractivity (Wildman–Crippen MR) is 73.6 cm³/mol. The van der Waals surface area contributed by atoms with Crippen LogP contribution in [0.25, 0.3) is 0 Å². The smallest absolute Gasteiger partial charge is 0.275 e. The zero-order valence-corrected chi connectivity index (χ0v) is 11.8. The molecular formula is C12H18N4O2S. The highest BCUT2D eigenvalue weighted by molar-refractivity contribution is 7.14. The summed E-state index contributed by atoms with van der Waals surface area (Å²) in [4.78, 5) is 26.9. The lowest BCUT2D eigenvalue weighted by Crippen LogP contribution is -2.53. The van der Waals surface area contributed by atoms with Gasteiger partial charge in [0.25, 0.3) is 5.91 Å². The molecule has 19 heavy (non-hydrogen) atoms. The van der Waals surface area contributed by atoms with Gasteiger partial charge in [0.15, 0.2) is 0 Å². The number of thiophene rings is 1. The van der Waals surface area contributed by atoms with Crippen LogP contribution >= 0.6 is 11.3 Å². The second-order valence-electron chi connectivity index (χ2n) is 4.60. The van der Waals surface area contributed by atoms with E-state index in [1.165, 1.54) is 11.3 Å². The lowest BCUT2D eigenvalue weighted by atomic mass is 10.1. The summed E-state index contributed by atoms with van der Waals surface area (Å²) in [6, 6.07) is 1.71. The van der Waals surface area contributed by atoms with E-state index in [2.05, 4.69) is 15.6 Å². The third-order valence-corrected chi connectivity index (χ3v) is 4.47. The summed E-state index contributed by atoms with van der Waals surface area (Å²) in [5.41, 5.74) is 3.21. The summed E-state index contributed by atoms with van der Waals surface area (Å²) in [6.45, 7) is 6.03. The van der Waals surface area contributed by atoms with Crippen molar-refractivity contribution in [3.63, 3.8) is 0 Å². The SMILES string of the molecule is Cc1sc(C(=O)NN)cc1CN1CCNC(=O)C1C. The van der Waals surface area contributed by atoms with E-state index < -0.39 is 0 Å². The van der Waals surface area contributed by atoms with Gasteiger partial charge < -0.3 is 5.32 Å². The molecule has 1 saturated heterocycles. The molecule has 1 aliphatic rings. The van der Waals surface area contributed by atoms with Crippen LogP contribution in [0.15, 0.2) is 6.07 Å². The van der Waals surface area contributed by atoms with E-state index in [4.69, 9.17) is 5.84 Å². The molecule has 2 heterocycles. The minimum absolute atomic E-state index is 0.0547. The van der Waals surface area contributed by atoms with Crippen molar-refractivity contribution in [2.75, 3.05) is 13.1 Å². The number of carbonyl (C=O) groups excluding carboxylic acids is 2. The average molecular weight is 282 g/mol. The molecule has 0 bridgehead atoms. The van der Waals surface area contributed by atoms with Gasteiger partial charge in [0.2, 0.25) is 5.91 Å². The van der Waals surface area contributed by atoms with E-state index in [9.17, 15) is 9.59 Å². The predicted octanol–water partition coefficient (Wildman–Crippen LogP) is -0.0197. The number of hydrogen-bond acceptors (Lipinski definition) is 5. The molecule has 1 aromatic rings. The molecule has 0 aliphatic carbocycles. The Balaban J connectivity index is 2.12. The highest BCUT2D eigenvalue weighted by Gasteiger charge is 2.26. The van der Waals surface area contributed by atoms with E-state index in [1.54, 1.807) is 0 Å². The van der Waals surface area contributed by atoms with Crippen LogP contribution in [0.5, 0.6) is 0 Å². The highest BCUT2D eigenvalue weighted by Crippen LogP contribution is 2.23. The van der Waals surface area contributed by atoms with Gasteiger partial charge >= 0.3 is 0 Å². The van der Waals surface area contributed by atoms with Gasteiger partial charge in [0, 0.05) is 24.5 Å². The third kappa shape index (κ3) is 2.94. The second-order valence-corrected chi connectivity index (χ2v) is 5.86. The van der Waals surface area contributed by atoms with Crippen molar-refractivity contribution in [3.8, 4) is 0 Å². The van der Waals surface area contributed by atoms with Crippen LogP contribution < -0.4 is 16.6 Å². The Bertz CT molecular complexity index is 500. The Kier molecular flexibility index (Phi) is 4.18. The largest absolute Gasteiger partial charge is 0.353 e. The third-order valence-electron chi connectivity index (χ3n) is 3.37. The number of carbonyl (C=O) groups is 2. The maximum atomic E-state index is 11.6. The monoisotopic (exact) mass is 282 g/mol. The van der Waals surface area contributed by atoms with Crippen LogP contribution in [0.3, 0.4) is 0 Å². The zero-order chi connectivity index (χ0) is 14.0. The van der Waals surface area contributed by atoms with Gasteiger partial charge in [-0.25, -0.2) is 5.84 Å². The van der Waals surface area contributed by atoms with Gasteiger partial charge in [-0.15, -0.1) is 11.3 Å². The van der Waals surface area contributed by atoms with Crippen molar-refractivity contribution in [1.82, 2.24) is 15.6 Å². The molecule has 7 heteroatoms. The number of nitrogens with zero attached hydrogens (tertiary/aromatic N) is 1. The molecule has 0 saturated carbocycles. The first-order valence-electron chi connectivity index (χ1n) is 6.15. The molecule has 1 aliphatic heterocycles. The topological polar surface area (TPSA) is 87.5 Å². The number of hydrogen-bond donors (Lipinski definition) is 3. The van der Waals surface area contributed by atoms with E-state index >= 15 is 0 Å². The van der Waals surface area contributed by atoms with E-state index in [-0.39, 0.29) is 17.9 Å². The van der Waals surface area contributed by atoms with E-state index in [0.717, 1.165) is 17.0 Å². The summed E-state index contributed by atoms with van der Waals surface area (Å²) in [5, 5.41) is 2.84. The quantitative estimate of drug-likeness (QED) is 0.413. The molecule has 1 unspecified atom stereocenters. The highest BCUT2D eigenvalue weighted by atomic mass is 32.1. The van der Waals surface area contributed by atoms with E-state index in [0.29, 0.717) is 18.0 Å². The first kappa shape index (κ1) is 14.0. The van der Waals surface area contributed by atoms with E-state index in [1.807, 2.05) is 19.9 Å². The fraction of sp³-hybridized carbons (Fsp3) is 0.500. The first-order chi connectivity index (χ1) is 9.02. The van der Waals surface area contributed by atoms with Crippen molar-refractivity contribution < 1.29 is 9.59 Å². The number of nitrogens with one attached hydrogen (secondary N) is 2. The van der Waals surface area contributed by atoms with Crippen molar-refractivity contribution in [2.24, 2.45) is 5.84 Å². The van der Waals surface area contributed by atoms with Gasteiger partial charge in [-0.05, 0) is 25.5 Å². The minimum Gasteiger partial charge on any atom is -0.353 e. The number of amides is 2. The number of aryl methyl sites for hydroxylation is 1. The zero-order valence-electron chi connectivity index (χ0n) is 11.0. The van der Waals surface area contributed by atoms with Crippen LogP contribution in [-0.4, -0.2) is 35.8 Å². The van der Waals surface area contributed by atoms with Crippen LogP contribution in [0.1, 0.15) is 27.0 Å². The minimum atomic E-state index is -0.274. The van der Waals surface area contributed by atoms with Crippen molar-refractivity contribution in [2.45, 2.75) is 26.4 Å². The Morgan fingerprint density at radius 1 is 1.68 bits per heavy atom. The summed E-state index contributed by atoms with van der Waals surface area (Å²) in [6.07, 6.45) is 0. The molecular weight excluding hydrogens is 264 g/mol. The number of piperazine rings is 1. The fourth-order valence-corrected chi connectivity index (χ4v) is 3.06. The molecule has 104 valence electrons. The second kappa shape index (κ2) is 5.68. The standard InChI is InChI=1S/C12H18N4O2S/c1-7-11(17)14-3-4-16(7)6-9-5-10(12(18)15-13)19-8(9)2/h5,7H,3-4,6,13H2,1-2H3,(H,14,17)(H,15,18). The molecule has 0 radical (unpaired) electrons. The molecule has 1 atom stereocenters. The van der Waals surface area contributed by atoms with Crippen molar-refractivity contribution >= 4 is 23.2 Å². The summed E-state index contributed by atoms with van der Waals surface area (Å²) in [5.74, 6) is 4.91. The van der Waals surface area contributed by atoms with Crippen LogP contribution in [0, 0.1) is 6.92 Å². The molecule has 1 aromatic heterocycles. The number of rotatable bonds is 3. The van der Waals surface area contributed by atoms with Crippen molar-refractivity contribution in [1.29, 1.82) is 0 Å². The van der Waals surface area contributed by atoms with Gasteiger partial charge in [-0.1, -0.05) is 0 Å². The Labute approximate surface area is 115 Å². The Hall–Kier alpha value is -1.44. The normalized spacial score (nSPS) is 20.2. The van der Waals surface area contributed by atoms with Crippen LogP contribution in [0.4, 0.5) is 0 Å². The number of hydrazine groups is 1. The lowest BCUT2D eigenvalue weighted by molar-refractivity contribution is -0.128. The van der Waals surface area contributed by atoms with Crippen LogP contribution in [0.2, 0.25) is 0 Å². The summed E-state index contributed by atoms with van der Waals surface area (Å²) in [7, 11) is 0. The molecule has 4 N–H and O–H groups in total. The van der Waals surface area contributed by atoms with Gasteiger partial charge in [0.05, 0.1) is 10.9 Å². The van der Waals surface area contributed by atoms with Gasteiger partial charge in [0.1, 0.15) is 0 Å². The molecule has 0 aromatic carbocycles. The molecule has 0 spiro atoms. The summed E-state index contributed by atoms with van der Waals surface area (Å²) < 4.78 is 0. The summed E-state index contributed by atoms with van der Waals surface area (Å²) >= 11 is 1.42. The maximum Gasteiger partial charge on any atom is 0.275 e.